The van der Waals surface area contributed by atoms with Gasteiger partial charge in [0, 0.05) is 15.8 Å². The van der Waals surface area contributed by atoms with Crippen LogP contribution < -0.4 is 11.3 Å². The van der Waals surface area contributed by atoms with Crippen molar-refractivity contribution in [3.05, 3.63) is 48.8 Å². The van der Waals surface area contributed by atoms with E-state index in [-0.39, 0.29) is 6.04 Å². The van der Waals surface area contributed by atoms with Crippen LogP contribution in [0.5, 0.6) is 0 Å². The van der Waals surface area contributed by atoms with Crippen molar-refractivity contribution in [2.24, 2.45) is 5.84 Å². The number of nitrogens with one attached hydrogen (secondary N) is 1. The first-order valence-corrected chi connectivity index (χ1v) is 7.84. The standard InChI is InChI=1S/C13H15BrClN3S/c1-7-8(2)19-13(17-7)6-12(18-16)9-3-4-11(15)10(14)5-9/h3-5,12,18H,6,16H2,1-2H3. The zero-order valence-corrected chi connectivity index (χ0v) is 13.9. The zero-order chi connectivity index (χ0) is 14.0. The lowest BCUT2D eigenvalue weighted by Gasteiger charge is -2.15. The first kappa shape index (κ1) is 14.9. The molecule has 1 aromatic carbocycles. The Bertz CT molecular complexity index is 566. The average molecular weight is 361 g/mol. The van der Waals surface area contributed by atoms with Crippen molar-refractivity contribution in [1.82, 2.24) is 10.4 Å². The molecule has 0 spiro atoms. The third-order valence-corrected chi connectivity index (χ3v) is 5.31. The van der Waals surface area contributed by atoms with Gasteiger partial charge in [-0.3, -0.25) is 11.3 Å². The van der Waals surface area contributed by atoms with Crippen LogP contribution in [0.15, 0.2) is 22.7 Å². The molecule has 0 aliphatic carbocycles. The third kappa shape index (κ3) is 3.55. The van der Waals surface area contributed by atoms with Gasteiger partial charge in [0.2, 0.25) is 0 Å². The lowest BCUT2D eigenvalue weighted by atomic mass is 10.1. The Morgan fingerprint density at radius 2 is 2.21 bits per heavy atom. The number of hydrogen-bond donors (Lipinski definition) is 2. The molecule has 19 heavy (non-hydrogen) atoms. The van der Waals surface area contributed by atoms with E-state index in [1.165, 1.54) is 4.88 Å². The lowest BCUT2D eigenvalue weighted by molar-refractivity contribution is 0.550. The Morgan fingerprint density at radius 3 is 2.74 bits per heavy atom. The highest BCUT2D eigenvalue weighted by Crippen LogP contribution is 2.28. The van der Waals surface area contributed by atoms with Crippen molar-refractivity contribution in [1.29, 1.82) is 0 Å². The quantitative estimate of drug-likeness (QED) is 0.642. The number of aromatic nitrogens is 1. The molecule has 2 aromatic rings. The van der Waals surface area contributed by atoms with Crippen molar-refractivity contribution in [2.75, 3.05) is 0 Å². The number of halogens is 2. The minimum Gasteiger partial charge on any atom is -0.271 e. The van der Waals surface area contributed by atoms with Gasteiger partial charge in [0.1, 0.15) is 0 Å². The fourth-order valence-corrected chi connectivity index (χ4v) is 3.30. The molecular weight excluding hydrogens is 346 g/mol. The van der Waals surface area contributed by atoms with E-state index in [4.69, 9.17) is 17.4 Å². The average Bonchev–Trinajstić information content (AvgIpc) is 2.69. The number of hydrazine groups is 1. The third-order valence-electron chi connectivity index (χ3n) is 3.00. The molecular formula is C13H15BrClN3S. The van der Waals surface area contributed by atoms with Crippen molar-refractivity contribution < 1.29 is 0 Å². The topological polar surface area (TPSA) is 50.9 Å². The normalized spacial score (nSPS) is 12.7. The van der Waals surface area contributed by atoms with Gasteiger partial charge >= 0.3 is 0 Å². The summed E-state index contributed by atoms with van der Waals surface area (Å²) in [6.45, 7) is 4.11. The lowest BCUT2D eigenvalue weighted by Crippen LogP contribution is -2.29. The number of nitrogens with two attached hydrogens (primary N) is 1. The van der Waals surface area contributed by atoms with Crippen LogP contribution in [0.25, 0.3) is 0 Å². The number of hydrogen-bond acceptors (Lipinski definition) is 4. The maximum Gasteiger partial charge on any atom is 0.0950 e. The SMILES string of the molecule is Cc1nc(CC(NN)c2ccc(Cl)c(Br)c2)sc1C. The summed E-state index contributed by atoms with van der Waals surface area (Å²) in [5.41, 5.74) is 5.02. The minimum atomic E-state index is 0.0264. The second kappa shape index (κ2) is 6.33. The van der Waals surface area contributed by atoms with Crippen molar-refractivity contribution in [2.45, 2.75) is 26.3 Å². The van der Waals surface area contributed by atoms with E-state index in [2.05, 4.69) is 33.3 Å². The Balaban J connectivity index is 2.22. The monoisotopic (exact) mass is 359 g/mol. The van der Waals surface area contributed by atoms with Gasteiger partial charge in [-0.25, -0.2) is 4.98 Å². The van der Waals surface area contributed by atoms with Gasteiger partial charge in [0.25, 0.3) is 0 Å². The fraction of sp³-hybridized carbons (Fsp3) is 0.308. The molecule has 0 fully saturated rings. The highest BCUT2D eigenvalue weighted by molar-refractivity contribution is 9.10. The molecule has 6 heteroatoms. The van der Waals surface area contributed by atoms with E-state index in [0.29, 0.717) is 5.02 Å². The summed E-state index contributed by atoms with van der Waals surface area (Å²) in [7, 11) is 0. The van der Waals surface area contributed by atoms with Crippen LogP contribution in [-0.4, -0.2) is 4.98 Å². The van der Waals surface area contributed by atoms with Crippen molar-refractivity contribution in [3.63, 3.8) is 0 Å². The molecule has 0 aliphatic rings. The second-order valence-corrected chi connectivity index (χ2v) is 6.90. The molecule has 0 saturated heterocycles. The van der Waals surface area contributed by atoms with Gasteiger partial charge in [-0.1, -0.05) is 17.7 Å². The van der Waals surface area contributed by atoms with E-state index in [0.717, 1.165) is 27.2 Å². The summed E-state index contributed by atoms with van der Waals surface area (Å²) in [6.07, 6.45) is 0.768. The second-order valence-electron chi connectivity index (χ2n) is 4.35. The first-order valence-electron chi connectivity index (χ1n) is 5.85. The molecule has 1 heterocycles. The smallest absolute Gasteiger partial charge is 0.0950 e. The fourth-order valence-electron chi connectivity index (χ4n) is 1.80. The Morgan fingerprint density at radius 1 is 1.47 bits per heavy atom. The molecule has 102 valence electrons. The number of thiazole rings is 1. The van der Waals surface area contributed by atoms with Crippen LogP contribution in [0, 0.1) is 13.8 Å². The molecule has 1 unspecified atom stereocenters. The number of rotatable bonds is 4. The van der Waals surface area contributed by atoms with Crippen molar-refractivity contribution in [3.8, 4) is 0 Å². The van der Waals surface area contributed by atoms with Gasteiger partial charge in [-0.15, -0.1) is 11.3 Å². The van der Waals surface area contributed by atoms with Crippen LogP contribution in [-0.2, 0) is 6.42 Å². The molecule has 0 amide bonds. The van der Waals surface area contributed by atoms with Crippen LogP contribution in [0.4, 0.5) is 0 Å². The summed E-state index contributed by atoms with van der Waals surface area (Å²) in [6, 6.07) is 5.85. The zero-order valence-electron chi connectivity index (χ0n) is 10.7. The first-order chi connectivity index (χ1) is 9.01. The molecule has 0 aliphatic heterocycles. The highest BCUT2D eigenvalue weighted by Gasteiger charge is 2.15. The highest BCUT2D eigenvalue weighted by atomic mass is 79.9. The molecule has 0 bridgehead atoms. The summed E-state index contributed by atoms with van der Waals surface area (Å²) in [5, 5.41) is 1.78. The molecule has 2 rings (SSSR count). The van der Waals surface area contributed by atoms with E-state index in [1.54, 1.807) is 11.3 Å². The maximum absolute atomic E-state index is 6.00. The number of aryl methyl sites for hydroxylation is 2. The molecule has 0 saturated carbocycles. The Kier molecular flexibility index (Phi) is 4.97. The predicted octanol–water partition coefficient (Wildman–Crippen LogP) is 3.92. The summed E-state index contributed by atoms with van der Waals surface area (Å²) < 4.78 is 0.874. The summed E-state index contributed by atoms with van der Waals surface area (Å²) in [4.78, 5) is 5.80. The largest absolute Gasteiger partial charge is 0.271 e. The molecule has 3 N–H and O–H groups in total. The van der Waals surface area contributed by atoms with Gasteiger partial charge < -0.3 is 0 Å². The number of benzene rings is 1. The summed E-state index contributed by atoms with van der Waals surface area (Å²) >= 11 is 11.2. The molecule has 3 nitrogen and oxygen atoms in total. The van der Waals surface area contributed by atoms with E-state index >= 15 is 0 Å². The van der Waals surface area contributed by atoms with Gasteiger partial charge in [-0.2, -0.15) is 0 Å². The molecule has 0 radical (unpaired) electrons. The van der Waals surface area contributed by atoms with Crippen molar-refractivity contribution >= 4 is 38.9 Å². The van der Waals surface area contributed by atoms with Crippen LogP contribution in [0.3, 0.4) is 0 Å². The van der Waals surface area contributed by atoms with Crippen LogP contribution >= 0.6 is 38.9 Å². The van der Waals surface area contributed by atoms with E-state index in [1.807, 2.05) is 25.1 Å². The van der Waals surface area contributed by atoms with Crippen LogP contribution in [0.2, 0.25) is 5.02 Å². The van der Waals surface area contributed by atoms with Crippen LogP contribution in [0.1, 0.15) is 27.2 Å². The number of nitrogens with zero attached hydrogens (tertiary/aromatic N) is 1. The predicted molar refractivity (Wildman–Crippen MR) is 84.5 cm³/mol. The Hall–Kier alpha value is -0.460. The van der Waals surface area contributed by atoms with Gasteiger partial charge in [0.05, 0.1) is 21.8 Å². The molecule has 1 atom stereocenters. The van der Waals surface area contributed by atoms with E-state index < -0.39 is 0 Å². The maximum atomic E-state index is 6.00. The van der Waals surface area contributed by atoms with Gasteiger partial charge in [0.15, 0.2) is 0 Å². The van der Waals surface area contributed by atoms with E-state index in [9.17, 15) is 0 Å². The summed E-state index contributed by atoms with van der Waals surface area (Å²) in [5.74, 6) is 5.66. The molecule has 1 aromatic heterocycles. The minimum absolute atomic E-state index is 0.0264. The van der Waals surface area contributed by atoms with Gasteiger partial charge in [-0.05, 0) is 47.5 Å². The Labute approximate surface area is 130 Å².